The Morgan fingerprint density at radius 2 is 1.76 bits per heavy atom. The van der Waals surface area contributed by atoms with Gasteiger partial charge in [0.2, 0.25) is 5.91 Å². The fraction of sp³-hybridized carbons (Fsp3) is 0.895. The zero-order valence-corrected chi connectivity index (χ0v) is 15.9. The maximum Gasteiger partial charge on any atom is 0.407 e. The summed E-state index contributed by atoms with van der Waals surface area (Å²) >= 11 is 0. The second-order valence-corrected chi connectivity index (χ2v) is 9.44. The predicted molar refractivity (Wildman–Crippen MR) is 96.0 cm³/mol. The molecule has 0 atom stereocenters. The van der Waals surface area contributed by atoms with E-state index in [-0.39, 0.29) is 17.0 Å². The van der Waals surface area contributed by atoms with Crippen molar-refractivity contribution in [3.63, 3.8) is 0 Å². The number of carbonyl (C=O) groups is 2. The van der Waals surface area contributed by atoms with E-state index in [1.54, 1.807) is 0 Å². The lowest BCUT2D eigenvalue weighted by atomic mass is 9.82. The van der Waals surface area contributed by atoms with Crippen molar-refractivity contribution in [3.05, 3.63) is 0 Å². The van der Waals surface area contributed by atoms with Gasteiger partial charge in [-0.25, -0.2) is 4.79 Å². The minimum absolute atomic E-state index is 0.0781. The second kappa shape index (κ2) is 6.45. The van der Waals surface area contributed by atoms with E-state index >= 15 is 0 Å². The lowest BCUT2D eigenvalue weighted by Gasteiger charge is -2.37. The third kappa shape index (κ3) is 4.10. The molecular weight excluding hydrogens is 318 g/mol. The molecule has 3 rings (SSSR count). The normalized spacial score (nSPS) is 32.7. The van der Waals surface area contributed by atoms with E-state index < -0.39 is 5.60 Å². The van der Waals surface area contributed by atoms with Gasteiger partial charge in [-0.3, -0.25) is 4.79 Å². The molecule has 2 saturated carbocycles. The molecule has 1 aliphatic heterocycles. The SMILES string of the molecule is CC(C)(C)OC(=O)NCC1CCN(C(=O)C23CCC(N)(CC2)C3)CC1. The third-order valence-electron chi connectivity index (χ3n) is 6.18. The Labute approximate surface area is 150 Å². The van der Waals surface area contributed by atoms with Gasteiger partial charge in [-0.2, -0.15) is 0 Å². The molecule has 1 saturated heterocycles. The van der Waals surface area contributed by atoms with Crippen molar-refractivity contribution in [2.45, 2.75) is 76.9 Å². The highest BCUT2D eigenvalue weighted by atomic mass is 16.6. The molecule has 0 aromatic heterocycles. The average molecular weight is 351 g/mol. The van der Waals surface area contributed by atoms with Gasteiger partial charge in [0.1, 0.15) is 5.60 Å². The molecule has 0 spiro atoms. The number of alkyl carbamates (subject to hydrolysis) is 1. The van der Waals surface area contributed by atoms with Gasteiger partial charge in [0.25, 0.3) is 0 Å². The lowest BCUT2D eigenvalue weighted by Crippen LogP contribution is -2.47. The zero-order valence-electron chi connectivity index (χ0n) is 15.9. The molecule has 0 aromatic rings. The molecule has 142 valence electrons. The number of likely N-dealkylation sites (tertiary alicyclic amines) is 1. The first-order valence-corrected chi connectivity index (χ1v) is 9.66. The smallest absolute Gasteiger partial charge is 0.407 e. The summed E-state index contributed by atoms with van der Waals surface area (Å²) in [6, 6.07) is 0. The van der Waals surface area contributed by atoms with Crippen LogP contribution in [0.15, 0.2) is 0 Å². The summed E-state index contributed by atoms with van der Waals surface area (Å²) in [5.41, 5.74) is 5.64. The maximum atomic E-state index is 13.0. The highest BCUT2D eigenvalue weighted by Crippen LogP contribution is 2.56. The summed E-state index contributed by atoms with van der Waals surface area (Å²) in [7, 11) is 0. The van der Waals surface area contributed by atoms with Gasteiger partial charge in [0.05, 0.1) is 5.41 Å². The molecule has 25 heavy (non-hydrogen) atoms. The van der Waals surface area contributed by atoms with Crippen molar-refractivity contribution >= 4 is 12.0 Å². The molecule has 2 bridgehead atoms. The Kier molecular flexibility index (Phi) is 4.77. The van der Waals surface area contributed by atoms with E-state index in [0.29, 0.717) is 18.4 Å². The number of piperidine rings is 1. The molecule has 3 N–H and O–H groups in total. The molecule has 2 aliphatic carbocycles. The fourth-order valence-electron chi connectivity index (χ4n) is 4.76. The van der Waals surface area contributed by atoms with Crippen molar-refractivity contribution in [1.29, 1.82) is 0 Å². The van der Waals surface area contributed by atoms with Crippen molar-refractivity contribution in [1.82, 2.24) is 10.2 Å². The monoisotopic (exact) mass is 351 g/mol. The first-order chi connectivity index (χ1) is 11.6. The molecular formula is C19H33N3O3. The summed E-state index contributed by atoms with van der Waals surface area (Å²) < 4.78 is 5.27. The van der Waals surface area contributed by atoms with Gasteiger partial charge in [0, 0.05) is 25.2 Å². The van der Waals surface area contributed by atoms with Crippen LogP contribution in [0.5, 0.6) is 0 Å². The Morgan fingerprint density at radius 1 is 1.16 bits per heavy atom. The van der Waals surface area contributed by atoms with Crippen LogP contribution in [0.1, 0.15) is 65.7 Å². The number of ether oxygens (including phenoxy) is 1. The van der Waals surface area contributed by atoms with Gasteiger partial charge >= 0.3 is 6.09 Å². The van der Waals surface area contributed by atoms with Gasteiger partial charge in [0.15, 0.2) is 0 Å². The predicted octanol–water partition coefficient (Wildman–Crippen LogP) is 2.41. The van der Waals surface area contributed by atoms with Crippen molar-refractivity contribution < 1.29 is 14.3 Å². The Bertz CT molecular complexity index is 525. The van der Waals surface area contributed by atoms with E-state index in [0.717, 1.165) is 58.0 Å². The van der Waals surface area contributed by atoms with Gasteiger partial charge < -0.3 is 20.7 Å². The minimum Gasteiger partial charge on any atom is -0.444 e. The van der Waals surface area contributed by atoms with Crippen LogP contribution in [0.25, 0.3) is 0 Å². The number of hydrogen-bond donors (Lipinski definition) is 2. The quantitative estimate of drug-likeness (QED) is 0.818. The highest BCUT2D eigenvalue weighted by molar-refractivity contribution is 5.84. The van der Waals surface area contributed by atoms with E-state index in [2.05, 4.69) is 5.32 Å². The summed E-state index contributed by atoms with van der Waals surface area (Å²) in [6.07, 6.45) is 6.30. The molecule has 6 heteroatoms. The van der Waals surface area contributed by atoms with E-state index in [1.165, 1.54) is 0 Å². The third-order valence-corrected chi connectivity index (χ3v) is 6.18. The van der Waals surface area contributed by atoms with Crippen molar-refractivity contribution in [2.24, 2.45) is 17.1 Å². The van der Waals surface area contributed by atoms with Crippen molar-refractivity contribution in [2.75, 3.05) is 19.6 Å². The van der Waals surface area contributed by atoms with Crippen LogP contribution in [0.3, 0.4) is 0 Å². The molecule has 3 aliphatic rings. The van der Waals surface area contributed by atoms with Crippen LogP contribution in [0.2, 0.25) is 0 Å². The molecule has 0 unspecified atom stereocenters. The zero-order chi connectivity index (χ0) is 18.3. The van der Waals surface area contributed by atoms with Crippen molar-refractivity contribution in [3.8, 4) is 0 Å². The number of fused-ring (bicyclic) bond motifs is 2. The first-order valence-electron chi connectivity index (χ1n) is 9.66. The molecule has 6 nitrogen and oxygen atoms in total. The van der Waals surface area contributed by atoms with Crippen LogP contribution in [0.4, 0.5) is 4.79 Å². The maximum absolute atomic E-state index is 13.0. The van der Waals surface area contributed by atoms with E-state index in [4.69, 9.17) is 10.5 Å². The highest BCUT2D eigenvalue weighted by Gasteiger charge is 2.57. The first kappa shape index (κ1) is 18.5. The minimum atomic E-state index is -0.472. The Balaban J connectivity index is 1.43. The Morgan fingerprint density at radius 3 is 2.24 bits per heavy atom. The topological polar surface area (TPSA) is 84.7 Å². The lowest BCUT2D eigenvalue weighted by molar-refractivity contribution is -0.143. The molecule has 2 amide bonds. The number of nitrogens with two attached hydrogens (primary N) is 1. The summed E-state index contributed by atoms with van der Waals surface area (Å²) in [5.74, 6) is 0.741. The van der Waals surface area contributed by atoms with E-state index in [9.17, 15) is 9.59 Å². The molecule has 1 heterocycles. The molecule has 0 radical (unpaired) electrons. The number of carbonyl (C=O) groups excluding carboxylic acids is 2. The number of rotatable bonds is 3. The van der Waals surface area contributed by atoms with Crippen LogP contribution in [0, 0.1) is 11.3 Å². The Hall–Kier alpha value is -1.30. The summed E-state index contributed by atoms with van der Waals surface area (Å²) in [5, 5.41) is 2.86. The van der Waals surface area contributed by atoms with Gasteiger partial charge in [-0.1, -0.05) is 0 Å². The van der Waals surface area contributed by atoms with Gasteiger partial charge in [-0.05, 0) is 71.6 Å². The van der Waals surface area contributed by atoms with E-state index in [1.807, 2.05) is 25.7 Å². The standard InChI is InChI=1S/C19H33N3O3/c1-17(2,3)25-16(24)21-12-14-4-10-22(11-5-14)15(23)18-6-8-19(20,13-18)9-7-18/h14H,4-13,20H2,1-3H3,(H,21,24). The number of hydrogen-bond acceptors (Lipinski definition) is 4. The summed E-state index contributed by atoms with van der Waals surface area (Å²) in [4.78, 5) is 26.8. The number of nitrogens with zero attached hydrogens (tertiary/aromatic N) is 1. The van der Waals surface area contributed by atoms with Crippen LogP contribution in [-0.2, 0) is 9.53 Å². The fourth-order valence-corrected chi connectivity index (χ4v) is 4.76. The largest absolute Gasteiger partial charge is 0.444 e. The number of nitrogens with one attached hydrogen (secondary N) is 1. The van der Waals surface area contributed by atoms with Crippen LogP contribution >= 0.6 is 0 Å². The molecule has 0 aromatic carbocycles. The van der Waals surface area contributed by atoms with Crippen LogP contribution < -0.4 is 11.1 Å². The second-order valence-electron chi connectivity index (χ2n) is 9.44. The number of amides is 2. The summed E-state index contributed by atoms with van der Waals surface area (Å²) in [6.45, 7) is 7.78. The van der Waals surface area contributed by atoms with Gasteiger partial charge in [-0.15, -0.1) is 0 Å². The van der Waals surface area contributed by atoms with Crippen LogP contribution in [-0.4, -0.2) is 47.7 Å². The molecule has 3 fully saturated rings. The average Bonchev–Trinajstić information content (AvgIpc) is 3.06.